The summed E-state index contributed by atoms with van der Waals surface area (Å²) in [4.78, 5) is -0.00835. The Hall–Kier alpha value is -0.580. The van der Waals surface area contributed by atoms with Crippen LogP contribution in [0, 0.1) is 0 Å². The molecule has 1 N–H and O–H groups in total. The van der Waals surface area contributed by atoms with Gasteiger partial charge in [-0.15, -0.1) is 0 Å². The van der Waals surface area contributed by atoms with Crippen molar-refractivity contribution in [1.82, 2.24) is 0 Å². The van der Waals surface area contributed by atoms with Crippen LogP contribution in [0.5, 0.6) is 0 Å². The van der Waals surface area contributed by atoms with E-state index >= 15 is 0 Å². The smallest absolute Gasteiger partial charge is 0.282 e. The van der Waals surface area contributed by atoms with Crippen molar-refractivity contribution in [2.45, 2.75) is 172 Å². The highest BCUT2D eigenvalue weighted by Gasteiger charge is 2.15. The molecule has 0 atom stereocenters. The zero-order valence-corrected chi connectivity index (χ0v) is 25.5. The summed E-state index contributed by atoms with van der Waals surface area (Å²) in [6.07, 6.45) is 33.3. The number of rotatable bonds is 26. The molecule has 1 aromatic carbocycles. The first kappa shape index (κ1) is 34.4. The second-order valence-electron chi connectivity index (χ2n) is 11.1. The maximum Gasteiger partial charge on any atom is 0.294 e. The lowest BCUT2D eigenvalue weighted by Crippen LogP contribution is -2.03. The molecule has 0 bridgehead atoms. The van der Waals surface area contributed by atoms with E-state index in [0.717, 1.165) is 12.8 Å². The van der Waals surface area contributed by atoms with Gasteiger partial charge in [-0.3, -0.25) is 4.55 Å². The molecule has 0 fully saturated rings. The van der Waals surface area contributed by atoms with E-state index in [1.165, 1.54) is 153 Å². The van der Waals surface area contributed by atoms with E-state index in [-0.39, 0.29) is 4.90 Å². The molecule has 0 aliphatic carbocycles. The fourth-order valence-electron chi connectivity index (χ4n) is 5.27. The highest BCUT2D eigenvalue weighted by atomic mass is 35.5. The first-order chi connectivity index (χ1) is 17.9. The molecule has 0 aromatic heterocycles. The van der Waals surface area contributed by atoms with Crippen LogP contribution in [0.15, 0.2) is 23.1 Å². The first-order valence-corrected chi connectivity index (χ1v) is 17.5. The lowest BCUT2D eigenvalue weighted by molar-refractivity contribution is 0.481. The molecule has 0 saturated carbocycles. The van der Waals surface area contributed by atoms with Crippen molar-refractivity contribution < 1.29 is 13.0 Å². The van der Waals surface area contributed by atoms with Gasteiger partial charge in [-0.1, -0.05) is 166 Å². The van der Waals surface area contributed by atoms with Crippen LogP contribution in [0.25, 0.3) is 0 Å². The van der Waals surface area contributed by atoms with Gasteiger partial charge in [-0.2, -0.15) is 8.42 Å². The maximum absolute atomic E-state index is 11.5. The minimum atomic E-state index is -4.19. The number of hydrogen-bond acceptors (Lipinski definition) is 2. The molecule has 0 saturated heterocycles. The molecule has 1 aromatic rings. The first-order valence-electron chi connectivity index (χ1n) is 15.7. The Bertz CT molecular complexity index is 763. The Morgan fingerprint density at radius 2 is 0.892 bits per heavy atom. The van der Waals surface area contributed by atoms with Gasteiger partial charge in [0.1, 0.15) is 0 Å². The predicted molar refractivity (Wildman–Crippen MR) is 161 cm³/mol. The fraction of sp³-hybridized carbons (Fsp3) is 0.812. The van der Waals surface area contributed by atoms with Crippen LogP contribution in [0.2, 0.25) is 5.02 Å². The summed E-state index contributed by atoms with van der Waals surface area (Å²) < 4.78 is 32.4. The lowest BCUT2D eigenvalue weighted by Gasteiger charge is -2.08. The van der Waals surface area contributed by atoms with Gasteiger partial charge in [0, 0.05) is 5.02 Å². The number of benzene rings is 1. The summed E-state index contributed by atoms with van der Waals surface area (Å²) in [5.74, 6) is 0. The Morgan fingerprint density at radius 3 is 1.22 bits per heavy atom. The van der Waals surface area contributed by atoms with Gasteiger partial charge in [0.05, 0.1) is 4.90 Å². The molecule has 0 spiro atoms. The van der Waals surface area contributed by atoms with E-state index in [1.54, 1.807) is 6.07 Å². The van der Waals surface area contributed by atoms with E-state index in [0.29, 0.717) is 17.0 Å². The molecule has 0 radical (unpaired) electrons. The van der Waals surface area contributed by atoms with Crippen molar-refractivity contribution >= 4 is 21.7 Å². The quantitative estimate of drug-likeness (QED) is 0.0911. The third-order valence-corrected chi connectivity index (χ3v) is 8.79. The minimum Gasteiger partial charge on any atom is -0.282 e. The third-order valence-electron chi connectivity index (χ3n) is 7.60. The second-order valence-corrected chi connectivity index (χ2v) is 12.9. The van der Waals surface area contributed by atoms with E-state index < -0.39 is 10.1 Å². The van der Waals surface area contributed by atoms with Crippen molar-refractivity contribution in [2.75, 3.05) is 0 Å². The van der Waals surface area contributed by atoms with Gasteiger partial charge in [0.25, 0.3) is 10.1 Å². The Kier molecular flexibility index (Phi) is 21.7. The molecule has 0 unspecified atom stereocenters. The summed E-state index contributed by atoms with van der Waals surface area (Å²) in [6.45, 7) is 2.29. The van der Waals surface area contributed by atoms with E-state index in [1.807, 2.05) is 0 Å². The fourth-order valence-corrected chi connectivity index (χ4v) is 6.20. The van der Waals surface area contributed by atoms with Crippen molar-refractivity contribution in [3.05, 3.63) is 28.8 Å². The molecule has 37 heavy (non-hydrogen) atoms. The van der Waals surface area contributed by atoms with Crippen molar-refractivity contribution in [3.63, 3.8) is 0 Å². The van der Waals surface area contributed by atoms with Crippen molar-refractivity contribution in [1.29, 1.82) is 0 Å². The maximum atomic E-state index is 11.5. The lowest BCUT2D eigenvalue weighted by atomic mass is 10.0. The van der Waals surface area contributed by atoms with Gasteiger partial charge < -0.3 is 0 Å². The van der Waals surface area contributed by atoms with Gasteiger partial charge in [-0.25, -0.2) is 0 Å². The SMILES string of the molecule is CCCCCCCCCCCCCCCCCCCCCCCCCCc1cc(Cl)ccc1S(=O)(=O)O. The van der Waals surface area contributed by atoms with Crippen LogP contribution >= 0.6 is 11.6 Å². The topological polar surface area (TPSA) is 54.4 Å². The molecule has 0 amide bonds. The minimum absolute atomic E-state index is 0.00835. The molecule has 3 nitrogen and oxygen atoms in total. The summed E-state index contributed by atoms with van der Waals surface area (Å²) in [5.41, 5.74) is 0.619. The van der Waals surface area contributed by atoms with Crippen LogP contribution in [0.4, 0.5) is 0 Å². The normalized spacial score (nSPS) is 11.9. The average molecular weight is 557 g/mol. The molecule has 0 aliphatic heterocycles. The van der Waals surface area contributed by atoms with E-state index in [9.17, 15) is 13.0 Å². The molecule has 0 aliphatic rings. The van der Waals surface area contributed by atoms with Crippen LogP contribution in [0.1, 0.15) is 167 Å². The largest absolute Gasteiger partial charge is 0.294 e. The Labute approximate surface area is 235 Å². The number of unbranched alkanes of at least 4 members (excludes halogenated alkanes) is 23. The number of aryl methyl sites for hydroxylation is 1. The van der Waals surface area contributed by atoms with E-state index in [4.69, 9.17) is 11.6 Å². The monoisotopic (exact) mass is 556 g/mol. The summed E-state index contributed by atoms with van der Waals surface area (Å²) in [6, 6.07) is 4.56. The van der Waals surface area contributed by atoms with Gasteiger partial charge in [0.15, 0.2) is 0 Å². The third kappa shape index (κ3) is 20.0. The number of hydrogen-bond donors (Lipinski definition) is 1. The van der Waals surface area contributed by atoms with Gasteiger partial charge >= 0.3 is 0 Å². The number of halogens is 1. The van der Waals surface area contributed by atoms with Gasteiger partial charge in [-0.05, 0) is 36.6 Å². The van der Waals surface area contributed by atoms with Crippen LogP contribution in [-0.2, 0) is 16.5 Å². The van der Waals surface area contributed by atoms with E-state index in [2.05, 4.69) is 6.92 Å². The summed E-state index contributed by atoms with van der Waals surface area (Å²) in [7, 11) is -4.19. The average Bonchev–Trinajstić information content (AvgIpc) is 2.86. The van der Waals surface area contributed by atoms with Crippen molar-refractivity contribution in [2.24, 2.45) is 0 Å². The van der Waals surface area contributed by atoms with Crippen LogP contribution in [0.3, 0.4) is 0 Å². The summed E-state index contributed by atoms with van der Waals surface area (Å²) in [5, 5.41) is 0.506. The molecular formula is C32H57ClO3S. The van der Waals surface area contributed by atoms with Gasteiger partial charge in [0.2, 0.25) is 0 Å². The van der Waals surface area contributed by atoms with Crippen LogP contribution < -0.4 is 0 Å². The standard InChI is InChI=1S/C32H57ClO3S/c1-2-3-4-5-6-7-8-9-10-11-12-13-14-15-16-17-18-19-20-21-22-23-24-25-26-30-29-31(33)27-28-32(30)37(34,35)36/h27-29H,2-26H2,1H3,(H,34,35,36). The molecule has 0 heterocycles. The predicted octanol–water partition coefficient (Wildman–Crippen LogP) is 11.5. The van der Waals surface area contributed by atoms with Crippen LogP contribution in [-0.4, -0.2) is 13.0 Å². The molecule has 216 valence electrons. The molecule has 5 heteroatoms. The molecule has 1 rings (SSSR count). The highest BCUT2D eigenvalue weighted by molar-refractivity contribution is 7.85. The highest BCUT2D eigenvalue weighted by Crippen LogP contribution is 2.23. The molecular weight excluding hydrogens is 500 g/mol. The van der Waals surface area contributed by atoms with Crippen molar-refractivity contribution in [3.8, 4) is 0 Å². The second kappa shape index (κ2) is 23.3. The zero-order valence-electron chi connectivity index (χ0n) is 24.0. The Balaban J connectivity index is 1.81. The Morgan fingerprint density at radius 1 is 0.568 bits per heavy atom. The summed E-state index contributed by atoms with van der Waals surface area (Å²) >= 11 is 6.00. The zero-order chi connectivity index (χ0) is 27.0.